The second kappa shape index (κ2) is 7.84. The molecule has 0 radical (unpaired) electrons. The Balaban J connectivity index is 1.32. The van der Waals surface area contributed by atoms with Gasteiger partial charge in [-0.25, -0.2) is 4.79 Å². The Bertz CT molecular complexity index is 601. The topological polar surface area (TPSA) is 54.0 Å². The van der Waals surface area contributed by atoms with Gasteiger partial charge in [0.15, 0.2) is 0 Å². The molecule has 3 heterocycles. The molecule has 0 unspecified atom stereocenters. The zero-order valence-corrected chi connectivity index (χ0v) is 15.5. The average molecular weight is 359 g/mol. The summed E-state index contributed by atoms with van der Waals surface area (Å²) in [5, 5.41) is 3.28. The highest BCUT2D eigenvalue weighted by atomic mass is 16.5. The number of amides is 2. The third-order valence-corrected chi connectivity index (χ3v) is 6.03. The number of carbonyl (C=O) groups excluding carboxylic acids is 1. The average Bonchev–Trinajstić information content (AvgIpc) is 2.91. The number of benzene rings is 1. The quantitative estimate of drug-likeness (QED) is 0.896. The van der Waals surface area contributed by atoms with Crippen molar-refractivity contribution in [3.8, 4) is 5.75 Å². The second-order valence-corrected chi connectivity index (χ2v) is 7.62. The molecule has 2 atom stereocenters. The van der Waals surface area contributed by atoms with Gasteiger partial charge in [-0.2, -0.15) is 0 Å². The maximum Gasteiger partial charge on any atom is 0.317 e. The number of rotatable bonds is 4. The normalized spacial score (nSPS) is 28.8. The Labute approximate surface area is 155 Å². The maximum atomic E-state index is 12.5. The number of fused-ring (bicyclic) bond motifs is 2. The van der Waals surface area contributed by atoms with Crippen LogP contribution in [-0.2, 0) is 11.3 Å². The number of carbonyl (C=O) groups is 1. The first kappa shape index (κ1) is 17.6. The molecule has 0 spiro atoms. The summed E-state index contributed by atoms with van der Waals surface area (Å²) in [5.74, 6) is 0.904. The lowest BCUT2D eigenvalue weighted by molar-refractivity contribution is 0.0500. The van der Waals surface area contributed by atoms with Crippen LogP contribution in [-0.4, -0.2) is 67.4 Å². The molecule has 1 aromatic rings. The molecule has 0 aromatic heterocycles. The van der Waals surface area contributed by atoms with Gasteiger partial charge in [0.1, 0.15) is 5.75 Å². The van der Waals surface area contributed by atoms with E-state index in [1.165, 1.54) is 18.4 Å². The van der Waals surface area contributed by atoms with Crippen molar-refractivity contribution in [2.24, 2.45) is 0 Å². The summed E-state index contributed by atoms with van der Waals surface area (Å²) < 4.78 is 10.6. The van der Waals surface area contributed by atoms with Crippen molar-refractivity contribution in [2.75, 3.05) is 33.4 Å². The summed E-state index contributed by atoms with van der Waals surface area (Å²) in [6.45, 7) is 3.70. The van der Waals surface area contributed by atoms with Crippen molar-refractivity contribution in [2.45, 2.75) is 50.4 Å². The minimum absolute atomic E-state index is 0.0845. The van der Waals surface area contributed by atoms with Gasteiger partial charge in [0.05, 0.1) is 20.3 Å². The van der Waals surface area contributed by atoms with E-state index in [1.807, 2.05) is 17.0 Å². The van der Waals surface area contributed by atoms with Gasteiger partial charge in [0, 0.05) is 37.8 Å². The minimum Gasteiger partial charge on any atom is -0.497 e. The van der Waals surface area contributed by atoms with Crippen molar-refractivity contribution < 1.29 is 14.3 Å². The molecule has 3 aliphatic heterocycles. The van der Waals surface area contributed by atoms with Crippen LogP contribution in [0.2, 0.25) is 0 Å². The third-order valence-electron chi connectivity index (χ3n) is 6.03. The molecule has 2 bridgehead atoms. The number of nitrogens with one attached hydrogen (secondary N) is 1. The van der Waals surface area contributed by atoms with E-state index in [0.29, 0.717) is 44.4 Å². The molecule has 2 amide bonds. The van der Waals surface area contributed by atoms with Crippen LogP contribution in [0.5, 0.6) is 5.75 Å². The molecule has 3 saturated heterocycles. The van der Waals surface area contributed by atoms with Gasteiger partial charge in [-0.05, 0) is 43.4 Å². The number of hydrogen-bond acceptors (Lipinski definition) is 4. The lowest BCUT2D eigenvalue weighted by Gasteiger charge is -2.40. The van der Waals surface area contributed by atoms with Crippen LogP contribution in [0.4, 0.5) is 4.79 Å². The fourth-order valence-electron chi connectivity index (χ4n) is 4.62. The summed E-state index contributed by atoms with van der Waals surface area (Å²) in [6.07, 6.45) is 4.60. The van der Waals surface area contributed by atoms with Crippen LogP contribution in [0, 0.1) is 0 Å². The van der Waals surface area contributed by atoms with Crippen LogP contribution in [0.25, 0.3) is 0 Å². The van der Waals surface area contributed by atoms with Crippen molar-refractivity contribution >= 4 is 6.03 Å². The standard InChI is InChI=1S/C20H29N3O3/c1-25-19-6-2-15(3-7-19)14-23-17-4-5-18(23)13-16(12-17)21-20(24)22-8-10-26-11-9-22/h2-3,6-7,16-18H,4-5,8-14H2,1H3,(H,21,24)/t17-,18-/m0/s1. The number of hydrogen-bond donors (Lipinski definition) is 1. The monoisotopic (exact) mass is 359 g/mol. The van der Waals surface area contributed by atoms with Gasteiger partial charge in [-0.15, -0.1) is 0 Å². The van der Waals surface area contributed by atoms with Crippen LogP contribution < -0.4 is 10.1 Å². The molecule has 6 heteroatoms. The zero-order chi connectivity index (χ0) is 17.9. The SMILES string of the molecule is COc1ccc(CN2[C@H]3CC[C@H]2CC(NC(=O)N2CCOCC2)C3)cc1. The van der Waals surface area contributed by atoms with E-state index >= 15 is 0 Å². The third kappa shape index (κ3) is 3.81. The van der Waals surface area contributed by atoms with Gasteiger partial charge in [0.25, 0.3) is 0 Å². The Kier molecular flexibility index (Phi) is 5.31. The summed E-state index contributed by atoms with van der Waals surface area (Å²) in [7, 11) is 1.70. The van der Waals surface area contributed by atoms with Crippen LogP contribution >= 0.6 is 0 Å². The molecular formula is C20H29N3O3. The molecule has 4 rings (SSSR count). The second-order valence-electron chi connectivity index (χ2n) is 7.62. The van der Waals surface area contributed by atoms with Crippen molar-refractivity contribution in [3.05, 3.63) is 29.8 Å². The van der Waals surface area contributed by atoms with Gasteiger partial charge in [-0.1, -0.05) is 12.1 Å². The molecule has 1 aromatic carbocycles. The first-order valence-corrected chi connectivity index (χ1v) is 9.75. The molecule has 3 aliphatic rings. The lowest BCUT2D eigenvalue weighted by atomic mass is 9.96. The molecule has 1 N–H and O–H groups in total. The zero-order valence-electron chi connectivity index (χ0n) is 15.5. The van der Waals surface area contributed by atoms with Gasteiger partial charge >= 0.3 is 6.03 Å². The van der Waals surface area contributed by atoms with Crippen molar-refractivity contribution in [3.63, 3.8) is 0 Å². The van der Waals surface area contributed by atoms with Crippen molar-refractivity contribution in [1.82, 2.24) is 15.1 Å². The summed E-state index contributed by atoms with van der Waals surface area (Å²) in [5.41, 5.74) is 1.33. The first-order chi connectivity index (χ1) is 12.7. The van der Waals surface area contributed by atoms with E-state index in [-0.39, 0.29) is 6.03 Å². The number of morpholine rings is 1. The van der Waals surface area contributed by atoms with Crippen LogP contribution in [0.15, 0.2) is 24.3 Å². The number of piperidine rings is 1. The fraction of sp³-hybridized carbons (Fsp3) is 0.650. The predicted octanol–water partition coefficient (Wildman–Crippen LogP) is 2.23. The molecule has 142 valence electrons. The van der Waals surface area contributed by atoms with E-state index in [1.54, 1.807) is 7.11 Å². The number of urea groups is 1. The number of methoxy groups -OCH3 is 1. The molecule has 0 saturated carbocycles. The highest BCUT2D eigenvalue weighted by molar-refractivity contribution is 5.74. The van der Waals surface area contributed by atoms with Gasteiger partial charge in [0.2, 0.25) is 0 Å². The maximum absolute atomic E-state index is 12.5. The van der Waals surface area contributed by atoms with E-state index in [4.69, 9.17) is 9.47 Å². The molecule has 6 nitrogen and oxygen atoms in total. The van der Waals surface area contributed by atoms with Gasteiger partial charge in [-0.3, -0.25) is 4.90 Å². The smallest absolute Gasteiger partial charge is 0.317 e. The molecular weight excluding hydrogens is 330 g/mol. The van der Waals surface area contributed by atoms with Crippen LogP contribution in [0.1, 0.15) is 31.2 Å². The van der Waals surface area contributed by atoms with E-state index < -0.39 is 0 Å². The molecule has 3 fully saturated rings. The Morgan fingerprint density at radius 3 is 2.42 bits per heavy atom. The van der Waals surface area contributed by atoms with Crippen LogP contribution in [0.3, 0.4) is 0 Å². The lowest BCUT2D eigenvalue weighted by Crippen LogP contribution is -2.54. The minimum atomic E-state index is 0.0845. The summed E-state index contributed by atoms with van der Waals surface area (Å²) in [6, 6.07) is 9.92. The Morgan fingerprint density at radius 2 is 1.81 bits per heavy atom. The predicted molar refractivity (Wildman–Crippen MR) is 99.3 cm³/mol. The number of ether oxygens (including phenoxy) is 2. The fourth-order valence-corrected chi connectivity index (χ4v) is 4.62. The van der Waals surface area contributed by atoms with E-state index in [9.17, 15) is 4.79 Å². The van der Waals surface area contributed by atoms with E-state index in [0.717, 1.165) is 25.1 Å². The molecule has 26 heavy (non-hydrogen) atoms. The van der Waals surface area contributed by atoms with E-state index in [2.05, 4.69) is 22.3 Å². The Morgan fingerprint density at radius 1 is 1.15 bits per heavy atom. The largest absolute Gasteiger partial charge is 0.497 e. The summed E-state index contributed by atoms with van der Waals surface area (Å²) >= 11 is 0. The summed E-state index contributed by atoms with van der Waals surface area (Å²) in [4.78, 5) is 17.0. The highest BCUT2D eigenvalue weighted by Gasteiger charge is 2.41. The van der Waals surface area contributed by atoms with Gasteiger partial charge < -0.3 is 19.7 Å². The number of nitrogens with zero attached hydrogens (tertiary/aromatic N) is 2. The highest BCUT2D eigenvalue weighted by Crippen LogP contribution is 2.37. The Hall–Kier alpha value is -1.79. The first-order valence-electron chi connectivity index (χ1n) is 9.75. The van der Waals surface area contributed by atoms with Crippen molar-refractivity contribution in [1.29, 1.82) is 0 Å². The molecule has 0 aliphatic carbocycles.